The topological polar surface area (TPSA) is 35.2 Å². The van der Waals surface area contributed by atoms with Gasteiger partial charge in [0.1, 0.15) is 5.75 Å². The summed E-state index contributed by atoms with van der Waals surface area (Å²) in [6.45, 7) is 5.01. The van der Waals surface area contributed by atoms with Crippen LogP contribution in [0.2, 0.25) is 0 Å². The lowest BCUT2D eigenvalue weighted by atomic mass is 9.76. The molecular weight excluding hydrogens is 210 g/mol. The van der Waals surface area contributed by atoms with E-state index in [1.807, 2.05) is 0 Å². The number of rotatable bonds is 3. The lowest BCUT2D eigenvalue weighted by Gasteiger charge is -2.30. The molecule has 2 N–H and O–H groups in total. The molecule has 1 saturated carbocycles. The van der Waals surface area contributed by atoms with Crippen molar-refractivity contribution in [1.29, 1.82) is 0 Å². The average Bonchev–Trinajstić information content (AvgIpc) is 2.79. The van der Waals surface area contributed by atoms with E-state index < -0.39 is 0 Å². The van der Waals surface area contributed by atoms with Gasteiger partial charge >= 0.3 is 0 Å². The van der Waals surface area contributed by atoms with Crippen molar-refractivity contribution in [3.63, 3.8) is 0 Å². The Morgan fingerprint density at radius 1 is 1.24 bits per heavy atom. The van der Waals surface area contributed by atoms with Gasteiger partial charge in [-0.25, -0.2) is 0 Å². The van der Waals surface area contributed by atoms with Gasteiger partial charge in [-0.15, -0.1) is 0 Å². The summed E-state index contributed by atoms with van der Waals surface area (Å²) in [5.41, 5.74) is 10.1. The number of methoxy groups -OCH3 is 1. The molecule has 0 unspecified atom stereocenters. The van der Waals surface area contributed by atoms with Gasteiger partial charge in [-0.3, -0.25) is 0 Å². The first kappa shape index (κ1) is 12.4. The van der Waals surface area contributed by atoms with E-state index in [0.29, 0.717) is 0 Å². The molecule has 2 heteroatoms. The zero-order valence-corrected chi connectivity index (χ0v) is 11.2. The normalized spacial score (nSPS) is 18.4. The van der Waals surface area contributed by atoms with Crippen LogP contribution in [-0.4, -0.2) is 13.7 Å². The maximum absolute atomic E-state index is 6.06. The molecule has 0 amide bonds. The van der Waals surface area contributed by atoms with Crippen LogP contribution in [0.25, 0.3) is 0 Å². The van der Waals surface area contributed by atoms with E-state index in [1.165, 1.54) is 42.4 Å². The first-order chi connectivity index (χ1) is 8.14. The van der Waals surface area contributed by atoms with Crippen LogP contribution in [0.15, 0.2) is 12.1 Å². The summed E-state index contributed by atoms with van der Waals surface area (Å²) in [4.78, 5) is 0. The van der Waals surface area contributed by atoms with Crippen LogP contribution >= 0.6 is 0 Å². The van der Waals surface area contributed by atoms with Crippen LogP contribution in [0, 0.1) is 13.8 Å². The van der Waals surface area contributed by atoms with Crippen molar-refractivity contribution in [1.82, 2.24) is 0 Å². The molecular formula is C15H23NO. The highest BCUT2D eigenvalue weighted by Crippen LogP contribution is 2.43. The zero-order chi connectivity index (χ0) is 12.5. The Morgan fingerprint density at radius 3 is 2.41 bits per heavy atom. The second-order valence-corrected chi connectivity index (χ2v) is 5.28. The van der Waals surface area contributed by atoms with Gasteiger partial charge < -0.3 is 10.5 Å². The Kier molecular flexibility index (Phi) is 3.43. The predicted octanol–water partition coefficient (Wildman–Crippen LogP) is 3.08. The minimum atomic E-state index is 0.199. The van der Waals surface area contributed by atoms with Crippen LogP contribution in [0.1, 0.15) is 42.4 Å². The van der Waals surface area contributed by atoms with Gasteiger partial charge in [0.15, 0.2) is 0 Å². The van der Waals surface area contributed by atoms with Gasteiger partial charge in [-0.1, -0.05) is 25.0 Å². The Morgan fingerprint density at radius 2 is 1.88 bits per heavy atom. The van der Waals surface area contributed by atoms with E-state index >= 15 is 0 Å². The number of nitrogens with two attached hydrogens (primary N) is 1. The van der Waals surface area contributed by atoms with Crippen molar-refractivity contribution >= 4 is 0 Å². The molecule has 1 aliphatic rings. The highest BCUT2D eigenvalue weighted by atomic mass is 16.5. The van der Waals surface area contributed by atoms with Gasteiger partial charge in [-0.2, -0.15) is 0 Å². The van der Waals surface area contributed by atoms with E-state index in [2.05, 4.69) is 26.0 Å². The van der Waals surface area contributed by atoms with Crippen molar-refractivity contribution < 1.29 is 4.74 Å². The molecule has 1 aliphatic carbocycles. The Bertz CT molecular complexity index is 406. The fraction of sp³-hybridized carbons (Fsp3) is 0.600. The molecule has 1 aromatic carbocycles. The molecule has 0 spiro atoms. The predicted molar refractivity (Wildman–Crippen MR) is 71.7 cm³/mol. The fourth-order valence-corrected chi connectivity index (χ4v) is 3.35. The molecule has 0 aromatic heterocycles. The second kappa shape index (κ2) is 4.69. The molecule has 0 bridgehead atoms. The van der Waals surface area contributed by atoms with Crippen molar-refractivity contribution in [2.75, 3.05) is 13.7 Å². The molecule has 0 aliphatic heterocycles. The van der Waals surface area contributed by atoms with E-state index in [1.54, 1.807) is 7.11 Å². The second-order valence-electron chi connectivity index (χ2n) is 5.28. The summed E-state index contributed by atoms with van der Waals surface area (Å²) in [5, 5.41) is 0. The summed E-state index contributed by atoms with van der Waals surface area (Å²) >= 11 is 0. The van der Waals surface area contributed by atoms with Crippen molar-refractivity contribution in [2.24, 2.45) is 5.73 Å². The highest BCUT2D eigenvalue weighted by molar-refractivity contribution is 5.48. The number of hydrogen-bond acceptors (Lipinski definition) is 2. The van der Waals surface area contributed by atoms with E-state index in [4.69, 9.17) is 10.5 Å². The average molecular weight is 233 g/mol. The summed E-state index contributed by atoms with van der Waals surface area (Å²) in [7, 11) is 1.75. The molecule has 17 heavy (non-hydrogen) atoms. The largest absolute Gasteiger partial charge is 0.496 e. The van der Waals surface area contributed by atoms with Gasteiger partial charge in [-0.05, 0) is 43.4 Å². The van der Waals surface area contributed by atoms with Crippen LogP contribution in [0.4, 0.5) is 0 Å². The molecule has 94 valence electrons. The number of benzene rings is 1. The van der Waals surface area contributed by atoms with Crippen molar-refractivity contribution in [3.8, 4) is 5.75 Å². The lowest BCUT2D eigenvalue weighted by Crippen LogP contribution is -2.32. The minimum Gasteiger partial charge on any atom is -0.496 e. The third-order valence-electron chi connectivity index (χ3n) is 4.33. The standard InChI is InChI=1S/C15H23NO/c1-11-6-7-13(12(2)14(11)17-3)15(10-16)8-4-5-9-15/h6-7H,4-5,8-10,16H2,1-3H3. The number of aryl methyl sites for hydroxylation is 1. The molecule has 1 fully saturated rings. The molecule has 1 aromatic rings. The lowest BCUT2D eigenvalue weighted by molar-refractivity contribution is 0.400. The minimum absolute atomic E-state index is 0.199. The Hall–Kier alpha value is -1.02. The highest BCUT2D eigenvalue weighted by Gasteiger charge is 2.36. The molecule has 0 radical (unpaired) electrons. The quantitative estimate of drug-likeness (QED) is 0.870. The summed E-state index contributed by atoms with van der Waals surface area (Å²) < 4.78 is 5.52. The monoisotopic (exact) mass is 233 g/mol. The number of ether oxygens (including phenoxy) is 1. The van der Waals surface area contributed by atoms with E-state index in [9.17, 15) is 0 Å². The number of hydrogen-bond donors (Lipinski definition) is 1. The Labute approximate surface area is 104 Å². The van der Waals surface area contributed by atoms with Crippen molar-refractivity contribution in [2.45, 2.75) is 44.9 Å². The smallest absolute Gasteiger partial charge is 0.124 e. The fourth-order valence-electron chi connectivity index (χ4n) is 3.35. The van der Waals surface area contributed by atoms with Crippen LogP contribution in [-0.2, 0) is 5.41 Å². The van der Waals surface area contributed by atoms with Gasteiger partial charge in [0.2, 0.25) is 0 Å². The molecule has 0 heterocycles. The first-order valence-electron chi connectivity index (χ1n) is 6.49. The molecule has 0 saturated heterocycles. The SMILES string of the molecule is COc1c(C)ccc(C2(CN)CCCC2)c1C. The summed E-state index contributed by atoms with van der Waals surface area (Å²) in [5.74, 6) is 1.03. The van der Waals surface area contributed by atoms with Crippen molar-refractivity contribution in [3.05, 3.63) is 28.8 Å². The summed E-state index contributed by atoms with van der Waals surface area (Å²) in [6, 6.07) is 4.42. The van der Waals surface area contributed by atoms with Crippen LogP contribution in [0.5, 0.6) is 5.75 Å². The summed E-state index contributed by atoms with van der Waals surface area (Å²) in [6.07, 6.45) is 5.03. The molecule has 0 atom stereocenters. The Balaban J connectivity index is 2.51. The maximum Gasteiger partial charge on any atom is 0.124 e. The van der Waals surface area contributed by atoms with E-state index in [0.717, 1.165) is 12.3 Å². The van der Waals surface area contributed by atoms with E-state index in [-0.39, 0.29) is 5.41 Å². The molecule has 2 rings (SSSR count). The van der Waals surface area contributed by atoms with Crippen LogP contribution < -0.4 is 10.5 Å². The van der Waals surface area contributed by atoms with Gasteiger partial charge in [0, 0.05) is 12.0 Å². The first-order valence-corrected chi connectivity index (χ1v) is 6.49. The van der Waals surface area contributed by atoms with Gasteiger partial charge in [0.25, 0.3) is 0 Å². The van der Waals surface area contributed by atoms with Gasteiger partial charge in [0.05, 0.1) is 7.11 Å². The third kappa shape index (κ3) is 1.95. The molecule has 2 nitrogen and oxygen atoms in total. The zero-order valence-electron chi connectivity index (χ0n) is 11.2. The van der Waals surface area contributed by atoms with Crippen LogP contribution in [0.3, 0.4) is 0 Å². The maximum atomic E-state index is 6.06. The third-order valence-corrected chi connectivity index (χ3v) is 4.33.